The maximum atomic E-state index is 14.5. The van der Waals surface area contributed by atoms with Gasteiger partial charge in [-0.1, -0.05) is 30.3 Å². The Labute approximate surface area is 275 Å². The summed E-state index contributed by atoms with van der Waals surface area (Å²) >= 11 is 0. The fraction of sp³-hybridized carbons (Fsp3) is 0.424. The zero-order valence-corrected chi connectivity index (χ0v) is 26.2. The first-order valence-electron chi connectivity index (χ1n) is 15.1. The topological polar surface area (TPSA) is 92.7 Å². The predicted octanol–water partition coefficient (Wildman–Crippen LogP) is 7.14. The number of hydrogen-bond acceptors (Lipinski definition) is 5. The van der Waals surface area contributed by atoms with Gasteiger partial charge in [0.2, 0.25) is 5.91 Å². The Morgan fingerprint density at radius 2 is 1.35 bits per heavy atom. The van der Waals surface area contributed by atoms with E-state index in [0.717, 1.165) is 42.5 Å². The minimum Gasteiger partial charge on any atom is -0.393 e. The van der Waals surface area contributed by atoms with Gasteiger partial charge in [0.1, 0.15) is 22.2 Å². The van der Waals surface area contributed by atoms with Crippen LogP contribution in [0.5, 0.6) is 0 Å². The standard InChI is InChI=1S/C33H30F9NO5S/c34-22-10-14-25(15-11-22)49(46,47)30(16-23(17-30)43-29(45)19-4-12-24(44)13-5-19)20-6-8-21(9-7-20)31(32(37,38)39,33(40,41)42)48-18-26-27(35)2-1-3-28(26)36/h1-3,6-11,14-15,19,23-24,44H,4-5,12-13,16-18H2,(H,43,45). The van der Waals surface area contributed by atoms with E-state index in [-0.39, 0.29) is 29.2 Å². The fourth-order valence-corrected chi connectivity index (χ4v) is 8.77. The number of aliphatic hydroxyl groups is 1. The first kappa shape index (κ1) is 36.6. The van der Waals surface area contributed by atoms with Crippen LogP contribution in [0, 0.1) is 23.4 Å². The Hall–Kier alpha value is -3.63. The molecule has 0 unspecified atom stereocenters. The number of alkyl halides is 6. The molecule has 2 saturated carbocycles. The second kappa shape index (κ2) is 13.2. The first-order valence-corrected chi connectivity index (χ1v) is 16.6. The Morgan fingerprint density at radius 3 is 1.86 bits per heavy atom. The van der Waals surface area contributed by atoms with Crippen molar-refractivity contribution in [2.45, 2.75) is 84.9 Å². The van der Waals surface area contributed by atoms with Crippen molar-refractivity contribution >= 4 is 15.7 Å². The van der Waals surface area contributed by atoms with Crippen molar-refractivity contribution in [3.05, 3.63) is 101 Å². The number of sulfone groups is 1. The number of carbonyl (C=O) groups excluding carboxylic acids is 1. The van der Waals surface area contributed by atoms with Gasteiger partial charge in [0, 0.05) is 23.1 Å². The molecular weight excluding hydrogens is 693 g/mol. The van der Waals surface area contributed by atoms with E-state index < -0.39 is 85.8 Å². The van der Waals surface area contributed by atoms with Crippen molar-refractivity contribution < 1.29 is 62.6 Å². The third-order valence-electron chi connectivity index (χ3n) is 9.32. The molecule has 0 saturated heterocycles. The summed E-state index contributed by atoms with van der Waals surface area (Å²) in [4.78, 5) is 12.5. The molecule has 5 rings (SSSR count). The summed E-state index contributed by atoms with van der Waals surface area (Å²) < 4.78 is 159. The van der Waals surface area contributed by atoms with Crippen molar-refractivity contribution in [3.8, 4) is 0 Å². The van der Waals surface area contributed by atoms with Crippen LogP contribution in [0.25, 0.3) is 0 Å². The molecule has 6 nitrogen and oxygen atoms in total. The summed E-state index contributed by atoms with van der Waals surface area (Å²) in [5, 5.41) is 12.5. The van der Waals surface area contributed by atoms with Gasteiger partial charge in [-0.3, -0.25) is 4.79 Å². The van der Waals surface area contributed by atoms with E-state index in [2.05, 4.69) is 10.1 Å². The monoisotopic (exact) mass is 723 g/mol. The van der Waals surface area contributed by atoms with Gasteiger partial charge in [-0.05, 0) is 80.5 Å². The predicted molar refractivity (Wildman–Crippen MR) is 156 cm³/mol. The molecule has 3 aromatic carbocycles. The Kier molecular flexibility index (Phi) is 9.91. The maximum Gasteiger partial charge on any atom is 0.430 e. The van der Waals surface area contributed by atoms with Crippen LogP contribution < -0.4 is 5.32 Å². The SMILES string of the molecule is O=C(NC1CC(c2ccc(C(OCc3c(F)cccc3F)(C(F)(F)F)C(F)(F)F)cc2)(S(=O)(=O)c2ccc(F)cc2)C1)C1CCC(O)CC1. The molecule has 49 heavy (non-hydrogen) atoms. The van der Waals surface area contributed by atoms with Crippen LogP contribution in [0.1, 0.15) is 55.2 Å². The van der Waals surface area contributed by atoms with Gasteiger partial charge in [0.15, 0.2) is 9.84 Å². The van der Waals surface area contributed by atoms with Crippen LogP contribution >= 0.6 is 0 Å². The third kappa shape index (κ3) is 6.66. The zero-order valence-electron chi connectivity index (χ0n) is 25.4. The lowest BCUT2D eigenvalue weighted by Gasteiger charge is -2.48. The van der Waals surface area contributed by atoms with Gasteiger partial charge >= 0.3 is 12.4 Å². The zero-order chi connectivity index (χ0) is 36.0. The van der Waals surface area contributed by atoms with E-state index in [9.17, 15) is 57.8 Å². The molecule has 3 aromatic rings. The van der Waals surface area contributed by atoms with Crippen LogP contribution in [0.3, 0.4) is 0 Å². The number of benzene rings is 3. The van der Waals surface area contributed by atoms with Crippen molar-refractivity contribution in [1.82, 2.24) is 5.32 Å². The Balaban J connectivity index is 1.52. The number of carbonyl (C=O) groups is 1. The highest BCUT2D eigenvalue weighted by Gasteiger charge is 2.73. The summed E-state index contributed by atoms with van der Waals surface area (Å²) in [7, 11) is -4.51. The highest BCUT2D eigenvalue weighted by Crippen LogP contribution is 2.55. The van der Waals surface area contributed by atoms with Crippen LogP contribution in [-0.2, 0) is 36.3 Å². The summed E-state index contributed by atoms with van der Waals surface area (Å²) in [6.07, 6.45) is -12.0. The van der Waals surface area contributed by atoms with E-state index in [0.29, 0.717) is 49.9 Å². The Bertz CT molecular complexity index is 1730. The van der Waals surface area contributed by atoms with Crippen molar-refractivity contribution in [2.75, 3.05) is 0 Å². The molecule has 0 spiro atoms. The lowest BCUT2D eigenvalue weighted by molar-refractivity contribution is -0.392. The molecule has 16 heteroatoms. The van der Waals surface area contributed by atoms with Crippen LogP contribution in [0.15, 0.2) is 71.6 Å². The van der Waals surface area contributed by atoms with Crippen molar-refractivity contribution in [2.24, 2.45) is 5.92 Å². The number of amides is 1. The number of halogens is 9. The highest BCUT2D eigenvalue weighted by molar-refractivity contribution is 7.92. The number of ether oxygens (including phenoxy) is 1. The molecule has 1 amide bonds. The molecule has 0 heterocycles. The first-order chi connectivity index (χ1) is 22.8. The van der Waals surface area contributed by atoms with E-state index in [4.69, 9.17) is 0 Å². The van der Waals surface area contributed by atoms with Crippen molar-refractivity contribution in [1.29, 1.82) is 0 Å². The lowest BCUT2D eigenvalue weighted by atomic mass is 9.73. The largest absolute Gasteiger partial charge is 0.430 e. The molecule has 2 N–H and O–H groups in total. The maximum absolute atomic E-state index is 14.5. The van der Waals surface area contributed by atoms with Crippen LogP contribution in [-0.4, -0.2) is 43.9 Å². The average Bonchev–Trinajstić information content (AvgIpc) is 2.99. The highest BCUT2D eigenvalue weighted by atomic mass is 32.2. The molecule has 0 atom stereocenters. The molecule has 0 aromatic heterocycles. The smallest absolute Gasteiger partial charge is 0.393 e. The van der Waals surface area contributed by atoms with Crippen molar-refractivity contribution in [3.63, 3.8) is 0 Å². The minimum absolute atomic E-state index is 0.217. The summed E-state index contributed by atoms with van der Waals surface area (Å²) in [6.45, 7) is -1.76. The molecule has 2 aliphatic carbocycles. The molecule has 0 radical (unpaired) electrons. The van der Waals surface area contributed by atoms with Gasteiger partial charge in [0.25, 0.3) is 5.60 Å². The van der Waals surface area contributed by atoms with E-state index in [1.165, 1.54) is 0 Å². The number of aliphatic hydroxyl groups excluding tert-OH is 1. The van der Waals surface area contributed by atoms with E-state index >= 15 is 0 Å². The van der Waals surface area contributed by atoms with Gasteiger partial charge in [-0.15, -0.1) is 0 Å². The number of nitrogens with one attached hydrogen (secondary N) is 1. The fourth-order valence-electron chi connectivity index (χ4n) is 6.54. The quantitative estimate of drug-likeness (QED) is 0.181. The van der Waals surface area contributed by atoms with Gasteiger partial charge in [0.05, 0.1) is 17.6 Å². The van der Waals surface area contributed by atoms with Gasteiger partial charge in [-0.2, -0.15) is 26.3 Å². The average molecular weight is 724 g/mol. The summed E-state index contributed by atoms with van der Waals surface area (Å²) in [5.74, 6) is -4.46. The van der Waals surface area contributed by atoms with Gasteiger partial charge < -0.3 is 15.2 Å². The Morgan fingerprint density at radius 1 is 0.816 bits per heavy atom. The summed E-state index contributed by atoms with van der Waals surface area (Å²) in [5.41, 5.74) is -8.01. The summed E-state index contributed by atoms with van der Waals surface area (Å²) in [6, 6.07) is 7.34. The normalized spacial score (nSPS) is 23.5. The third-order valence-corrected chi connectivity index (χ3v) is 11.8. The number of rotatable bonds is 9. The molecule has 266 valence electrons. The minimum atomic E-state index is -6.21. The van der Waals surface area contributed by atoms with Crippen LogP contribution in [0.2, 0.25) is 0 Å². The number of hydrogen-bond donors (Lipinski definition) is 2. The molecule has 2 fully saturated rings. The van der Waals surface area contributed by atoms with E-state index in [1.807, 2.05) is 0 Å². The molecular formula is C33H30F9NO5S. The van der Waals surface area contributed by atoms with Gasteiger partial charge in [-0.25, -0.2) is 21.6 Å². The lowest BCUT2D eigenvalue weighted by Crippen LogP contribution is -2.58. The molecule has 0 bridgehead atoms. The van der Waals surface area contributed by atoms with E-state index in [1.54, 1.807) is 0 Å². The second-order valence-corrected chi connectivity index (χ2v) is 14.6. The van der Waals surface area contributed by atoms with Crippen LogP contribution in [0.4, 0.5) is 39.5 Å². The second-order valence-electron chi connectivity index (χ2n) is 12.3. The molecule has 0 aliphatic heterocycles. The molecule has 2 aliphatic rings.